The second-order valence-corrected chi connectivity index (χ2v) is 7.93. The van der Waals surface area contributed by atoms with Crippen LogP contribution in [0.4, 0.5) is 10.1 Å². The minimum Gasteiger partial charge on any atom is -0.486 e. The summed E-state index contributed by atoms with van der Waals surface area (Å²) in [6, 6.07) is 13.1. The maximum atomic E-state index is 13.9. The van der Waals surface area contributed by atoms with Gasteiger partial charge in [-0.3, -0.25) is 9.71 Å². The summed E-state index contributed by atoms with van der Waals surface area (Å²) < 4.78 is 46.5. The van der Waals surface area contributed by atoms with Crippen LogP contribution in [-0.4, -0.2) is 13.4 Å². The summed E-state index contributed by atoms with van der Waals surface area (Å²) in [6.07, 6.45) is 1.65. The molecule has 27 heavy (non-hydrogen) atoms. The first-order chi connectivity index (χ1) is 12.8. The smallest absolute Gasteiger partial charge is 0.264 e. The Morgan fingerprint density at radius 1 is 1.07 bits per heavy atom. The molecule has 0 atom stereocenters. The lowest BCUT2D eigenvalue weighted by Crippen LogP contribution is -2.14. The Bertz CT molecular complexity index is 1060. The van der Waals surface area contributed by atoms with Crippen molar-refractivity contribution in [3.05, 3.63) is 82.4 Å². The molecule has 0 bridgehead atoms. The van der Waals surface area contributed by atoms with E-state index in [2.05, 4.69) is 9.71 Å². The molecule has 9 heteroatoms. The third kappa shape index (κ3) is 4.88. The first-order valence-corrected chi connectivity index (χ1v) is 9.89. The monoisotopic (exact) mass is 426 g/mol. The van der Waals surface area contributed by atoms with Crippen LogP contribution in [0.1, 0.15) is 5.69 Å². The van der Waals surface area contributed by atoms with Gasteiger partial charge in [0.2, 0.25) is 0 Å². The molecule has 0 aliphatic heterocycles. The highest BCUT2D eigenvalue weighted by molar-refractivity contribution is 7.92. The molecule has 0 saturated carbocycles. The largest absolute Gasteiger partial charge is 0.486 e. The van der Waals surface area contributed by atoms with Crippen LogP contribution >= 0.6 is 23.2 Å². The average molecular weight is 427 g/mol. The highest BCUT2D eigenvalue weighted by Gasteiger charge is 2.20. The Morgan fingerprint density at radius 2 is 1.89 bits per heavy atom. The highest BCUT2D eigenvalue weighted by atomic mass is 35.5. The zero-order chi connectivity index (χ0) is 19.4. The molecule has 0 aliphatic rings. The van der Waals surface area contributed by atoms with Crippen molar-refractivity contribution in [2.45, 2.75) is 11.5 Å². The standard InChI is InChI=1S/C18H13Cl2FN2O3S/c19-12-4-7-18(16(21)9-12)27(24,25)23-13-5-6-17(15(20)10-13)26-11-14-3-1-2-8-22-14/h1-10,23H,11H2. The molecule has 2 aromatic carbocycles. The van der Waals surface area contributed by atoms with E-state index in [1.165, 1.54) is 24.3 Å². The minimum atomic E-state index is -4.14. The molecule has 0 fully saturated rings. The number of rotatable bonds is 6. The Labute approximate surface area is 165 Å². The summed E-state index contributed by atoms with van der Waals surface area (Å²) in [4.78, 5) is 3.62. The van der Waals surface area contributed by atoms with E-state index in [9.17, 15) is 12.8 Å². The predicted octanol–water partition coefficient (Wildman–Crippen LogP) is 4.91. The van der Waals surface area contributed by atoms with E-state index in [0.29, 0.717) is 5.75 Å². The van der Waals surface area contributed by atoms with E-state index in [-0.39, 0.29) is 22.3 Å². The highest BCUT2D eigenvalue weighted by Crippen LogP contribution is 2.30. The number of hydrogen-bond acceptors (Lipinski definition) is 4. The van der Waals surface area contributed by atoms with Gasteiger partial charge in [-0.15, -0.1) is 0 Å². The van der Waals surface area contributed by atoms with Crippen molar-refractivity contribution in [2.75, 3.05) is 4.72 Å². The van der Waals surface area contributed by atoms with E-state index >= 15 is 0 Å². The summed E-state index contributed by atoms with van der Waals surface area (Å²) in [5.74, 6) is -0.584. The number of nitrogens with one attached hydrogen (secondary N) is 1. The zero-order valence-electron chi connectivity index (χ0n) is 13.7. The lowest BCUT2D eigenvalue weighted by Gasteiger charge is -2.12. The lowest BCUT2D eigenvalue weighted by molar-refractivity contribution is 0.301. The Kier molecular flexibility index (Phi) is 5.84. The minimum absolute atomic E-state index is 0.101. The van der Waals surface area contributed by atoms with Gasteiger partial charge in [0.1, 0.15) is 23.1 Å². The van der Waals surface area contributed by atoms with Gasteiger partial charge in [0.25, 0.3) is 10.0 Å². The van der Waals surface area contributed by atoms with Crippen LogP contribution in [0.15, 0.2) is 65.7 Å². The third-order valence-electron chi connectivity index (χ3n) is 3.47. The van der Waals surface area contributed by atoms with Crippen LogP contribution in [0.3, 0.4) is 0 Å². The number of hydrogen-bond donors (Lipinski definition) is 1. The molecule has 0 radical (unpaired) electrons. The van der Waals surface area contributed by atoms with Gasteiger partial charge in [0, 0.05) is 11.2 Å². The van der Waals surface area contributed by atoms with Crippen LogP contribution in [0, 0.1) is 5.82 Å². The number of sulfonamides is 1. The Balaban J connectivity index is 1.75. The van der Waals surface area contributed by atoms with Crippen LogP contribution in [0.2, 0.25) is 10.0 Å². The summed E-state index contributed by atoms with van der Waals surface area (Å²) in [5, 5.41) is 0.298. The van der Waals surface area contributed by atoms with Gasteiger partial charge in [-0.2, -0.15) is 0 Å². The fourth-order valence-corrected chi connectivity index (χ4v) is 3.72. The van der Waals surface area contributed by atoms with E-state index in [1.54, 1.807) is 18.3 Å². The second kappa shape index (κ2) is 8.12. The molecule has 140 valence electrons. The molecule has 0 amide bonds. The lowest BCUT2D eigenvalue weighted by atomic mass is 10.3. The molecule has 3 rings (SSSR count). The molecule has 1 aromatic heterocycles. The fourth-order valence-electron chi connectivity index (χ4n) is 2.22. The number of aromatic nitrogens is 1. The average Bonchev–Trinajstić information content (AvgIpc) is 2.61. The van der Waals surface area contributed by atoms with Gasteiger partial charge in [-0.05, 0) is 48.5 Å². The first kappa shape index (κ1) is 19.4. The predicted molar refractivity (Wildman–Crippen MR) is 102 cm³/mol. The third-order valence-corrected chi connectivity index (χ3v) is 5.41. The number of pyridine rings is 1. The van der Waals surface area contributed by atoms with Crippen LogP contribution in [-0.2, 0) is 16.6 Å². The number of ether oxygens (including phenoxy) is 1. The molecule has 0 spiro atoms. The molecular formula is C18H13Cl2FN2O3S. The van der Waals surface area contributed by atoms with Crippen LogP contribution < -0.4 is 9.46 Å². The molecular weight excluding hydrogens is 414 g/mol. The van der Waals surface area contributed by atoms with Crippen molar-refractivity contribution in [1.29, 1.82) is 0 Å². The molecule has 1 heterocycles. The maximum absolute atomic E-state index is 13.9. The molecule has 0 aliphatic carbocycles. The van der Waals surface area contributed by atoms with Gasteiger partial charge < -0.3 is 4.74 Å². The van der Waals surface area contributed by atoms with Crippen molar-refractivity contribution >= 4 is 38.9 Å². The normalized spacial score (nSPS) is 11.2. The molecule has 0 unspecified atom stereocenters. The Morgan fingerprint density at radius 3 is 2.56 bits per heavy atom. The van der Waals surface area contributed by atoms with Crippen molar-refractivity contribution < 1.29 is 17.5 Å². The Hall–Kier alpha value is -2.35. The van der Waals surface area contributed by atoms with Crippen molar-refractivity contribution in [1.82, 2.24) is 4.98 Å². The number of benzene rings is 2. The van der Waals surface area contributed by atoms with E-state index < -0.39 is 20.7 Å². The summed E-state index contributed by atoms with van der Waals surface area (Å²) in [5.41, 5.74) is 0.885. The van der Waals surface area contributed by atoms with E-state index in [4.69, 9.17) is 27.9 Å². The molecule has 0 saturated heterocycles. The second-order valence-electron chi connectivity index (χ2n) is 5.44. The van der Waals surface area contributed by atoms with Gasteiger partial charge in [-0.1, -0.05) is 29.3 Å². The molecule has 1 N–H and O–H groups in total. The van der Waals surface area contributed by atoms with Crippen molar-refractivity contribution in [3.63, 3.8) is 0 Å². The first-order valence-electron chi connectivity index (χ1n) is 7.65. The summed E-state index contributed by atoms with van der Waals surface area (Å²) >= 11 is 11.8. The topological polar surface area (TPSA) is 68.3 Å². The van der Waals surface area contributed by atoms with E-state index in [1.807, 2.05) is 6.07 Å². The number of halogens is 3. The fraction of sp³-hybridized carbons (Fsp3) is 0.0556. The van der Waals surface area contributed by atoms with Crippen LogP contribution in [0.25, 0.3) is 0 Å². The zero-order valence-corrected chi connectivity index (χ0v) is 16.0. The van der Waals surface area contributed by atoms with Crippen LogP contribution in [0.5, 0.6) is 5.75 Å². The van der Waals surface area contributed by atoms with Crippen molar-refractivity contribution in [3.8, 4) is 5.75 Å². The molecule has 3 aromatic rings. The number of anilines is 1. The maximum Gasteiger partial charge on any atom is 0.264 e. The molecule has 5 nitrogen and oxygen atoms in total. The van der Waals surface area contributed by atoms with Gasteiger partial charge >= 0.3 is 0 Å². The summed E-state index contributed by atoms with van der Waals surface area (Å²) in [7, 11) is -4.14. The van der Waals surface area contributed by atoms with Gasteiger partial charge in [0.15, 0.2) is 0 Å². The van der Waals surface area contributed by atoms with Gasteiger partial charge in [0.05, 0.1) is 16.4 Å². The van der Waals surface area contributed by atoms with E-state index in [0.717, 1.165) is 17.8 Å². The number of nitrogens with zero attached hydrogens (tertiary/aromatic N) is 1. The summed E-state index contributed by atoms with van der Waals surface area (Å²) in [6.45, 7) is 0.210. The van der Waals surface area contributed by atoms with Gasteiger partial charge in [-0.25, -0.2) is 12.8 Å². The quantitative estimate of drug-likeness (QED) is 0.607. The van der Waals surface area contributed by atoms with Crippen molar-refractivity contribution in [2.24, 2.45) is 0 Å². The SMILES string of the molecule is O=S(=O)(Nc1ccc(OCc2ccccn2)c(Cl)c1)c1ccc(Cl)cc1F.